The highest BCUT2D eigenvalue weighted by Gasteiger charge is 2.22. The van der Waals surface area contributed by atoms with E-state index in [9.17, 15) is 19.6 Å². The molecule has 0 radical (unpaired) electrons. The van der Waals surface area contributed by atoms with Gasteiger partial charge in [-0.3, -0.25) is 14.7 Å². The van der Waals surface area contributed by atoms with E-state index in [2.05, 4.69) is 12.2 Å². The Labute approximate surface area is 127 Å². The average molecular weight is 323 g/mol. The Morgan fingerprint density at radius 3 is 2.48 bits per heavy atom. The molecule has 5 nitrogen and oxygen atoms in total. The number of rotatable bonds is 4. The molecule has 0 saturated carbocycles. The van der Waals surface area contributed by atoms with Gasteiger partial charge in [-0.15, -0.1) is 0 Å². The Balaban J connectivity index is 2.68. The number of benzene rings is 2. The molecular weight excluding hydrogens is 309 g/mol. The normalized spacial score (nSPS) is 13.7. The van der Waals surface area contributed by atoms with Gasteiger partial charge < -0.3 is 4.89 Å². The third-order valence-electron chi connectivity index (χ3n) is 3.19. The highest BCUT2D eigenvalue weighted by Crippen LogP contribution is 2.47. The molecule has 2 aromatic rings. The van der Waals surface area contributed by atoms with E-state index in [1.807, 2.05) is 6.92 Å². The third-order valence-corrected chi connectivity index (χ3v) is 4.85. The molecule has 0 amide bonds. The van der Waals surface area contributed by atoms with Crippen LogP contribution in [0.25, 0.3) is 11.1 Å². The van der Waals surface area contributed by atoms with Gasteiger partial charge in [0.2, 0.25) is 0 Å². The average Bonchev–Trinajstić information content (AvgIpc) is 2.45. The summed E-state index contributed by atoms with van der Waals surface area (Å²) in [7, 11) is 0. The summed E-state index contributed by atoms with van der Waals surface area (Å²) in [4.78, 5) is 20.1. The van der Waals surface area contributed by atoms with Gasteiger partial charge in [0, 0.05) is 12.1 Å². The van der Waals surface area contributed by atoms with E-state index >= 15 is 0 Å². The van der Waals surface area contributed by atoms with Gasteiger partial charge in [0.05, 0.1) is 10.2 Å². The van der Waals surface area contributed by atoms with Crippen LogP contribution in [0.5, 0.6) is 0 Å². The van der Waals surface area contributed by atoms with Crippen LogP contribution in [0.1, 0.15) is 12.5 Å². The molecule has 0 aliphatic rings. The van der Waals surface area contributed by atoms with Crippen molar-refractivity contribution in [1.82, 2.24) is 0 Å². The number of nitrogens with zero attached hydrogens (tertiary/aromatic N) is 1. The molecule has 0 fully saturated rings. The van der Waals surface area contributed by atoms with E-state index in [0.717, 1.165) is 5.56 Å². The number of nitro groups is 1. The second-order valence-electron chi connectivity index (χ2n) is 4.51. The summed E-state index contributed by atoms with van der Waals surface area (Å²) in [6.45, 7) is -1.84. The zero-order valence-electron chi connectivity index (χ0n) is 11.3. The van der Waals surface area contributed by atoms with Gasteiger partial charge in [0.25, 0.3) is 12.3 Å². The predicted molar refractivity (Wildman–Crippen MR) is 86.4 cm³/mol. The molecule has 1 N–H and O–H groups in total. The zero-order valence-corrected chi connectivity index (χ0v) is 13.1. The molecule has 0 aromatic heterocycles. The van der Waals surface area contributed by atoms with Crippen LogP contribution in [-0.4, -0.2) is 9.82 Å². The Morgan fingerprint density at radius 1 is 1.24 bits per heavy atom. The second kappa shape index (κ2) is 6.02. The number of thiol groups is 1. The van der Waals surface area contributed by atoms with Gasteiger partial charge in [-0.25, -0.2) is 0 Å². The molecule has 21 heavy (non-hydrogen) atoms. The molecule has 2 rings (SSSR count). The van der Waals surface area contributed by atoms with Crippen molar-refractivity contribution in [3.8, 4) is 11.1 Å². The Kier molecular flexibility index (Phi) is 4.52. The first-order chi connectivity index (χ1) is 9.84. The third kappa shape index (κ3) is 3.35. The van der Waals surface area contributed by atoms with Gasteiger partial charge in [-0.1, -0.05) is 37.4 Å². The smallest absolute Gasteiger partial charge is 0.282 e. The molecule has 0 aliphatic heterocycles. The summed E-state index contributed by atoms with van der Waals surface area (Å²) in [5, 5.41) is 11.1. The number of hydrogen-bond donors (Lipinski definition) is 2. The van der Waals surface area contributed by atoms with Gasteiger partial charge in [-0.2, -0.15) is 0 Å². The highest BCUT2D eigenvalue weighted by molar-refractivity contribution is 8.48. The lowest BCUT2D eigenvalue weighted by Gasteiger charge is -2.14. The van der Waals surface area contributed by atoms with Crippen LogP contribution in [0.2, 0.25) is 0 Å². The minimum absolute atomic E-state index is 0.00568. The van der Waals surface area contributed by atoms with Gasteiger partial charge in [-0.05, 0) is 35.2 Å². The Bertz CT molecular complexity index is 742. The monoisotopic (exact) mass is 323 g/mol. The molecule has 0 saturated heterocycles. The molecular formula is C14H14NO4PS. The predicted octanol–water partition coefficient (Wildman–Crippen LogP) is 3.56. The fraction of sp³-hybridized carbons (Fsp3) is 0.143. The van der Waals surface area contributed by atoms with Crippen molar-refractivity contribution < 1.29 is 14.4 Å². The van der Waals surface area contributed by atoms with Gasteiger partial charge >= 0.3 is 0 Å². The number of non-ortho nitro benzene ring substituents is 1. The highest BCUT2D eigenvalue weighted by atomic mass is 32.7. The lowest BCUT2D eigenvalue weighted by molar-refractivity contribution is -0.384. The van der Waals surface area contributed by atoms with E-state index in [0.29, 0.717) is 17.5 Å². The standard InChI is InChI=1S/C14H14NO4PS/c1-2-10-9-11(15(16)17)7-8-12(10)13-5-3-4-6-14(13)20(18,19)21/h3-9H,2H2,1H3,(H2,18,19,21). The zero-order chi connectivity index (χ0) is 15.6. The van der Waals surface area contributed by atoms with E-state index in [-0.39, 0.29) is 11.0 Å². The van der Waals surface area contributed by atoms with Crippen molar-refractivity contribution in [3.63, 3.8) is 0 Å². The lowest BCUT2D eigenvalue weighted by Crippen LogP contribution is -2.06. The van der Waals surface area contributed by atoms with Crippen LogP contribution < -0.4 is 5.30 Å². The van der Waals surface area contributed by atoms with E-state index in [1.165, 1.54) is 12.1 Å². The summed E-state index contributed by atoms with van der Waals surface area (Å²) in [6, 6.07) is 11.2. The molecule has 0 aliphatic carbocycles. The van der Waals surface area contributed by atoms with Crippen molar-refractivity contribution in [2.45, 2.75) is 13.3 Å². The summed E-state index contributed by atoms with van der Waals surface area (Å²) < 4.78 is 11.9. The molecule has 110 valence electrons. The molecule has 2 aromatic carbocycles. The summed E-state index contributed by atoms with van der Waals surface area (Å²) >= 11 is 3.78. The number of hydrogen-bond acceptors (Lipinski definition) is 3. The topological polar surface area (TPSA) is 80.4 Å². The van der Waals surface area contributed by atoms with Crippen LogP contribution >= 0.6 is 18.8 Å². The van der Waals surface area contributed by atoms with Crippen molar-refractivity contribution in [2.75, 3.05) is 0 Å². The first kappa shape index (κ1) is 15.8. The van der Waals surface area contributed by atoms with Crippen LogP contribution in [0.15, 0.2) is 42.5 Å². The number of aryl methyl sites for hydroxylation is 1. The van der Waals surface area contributed by atoms with Crippen molar-refractivity contribution in [2.24, 2.45) is 0 Å². The summed E-state index contributed by atoms with van der Waals surface area (Å²) in [6.07, 6.45) is 0.577. The van der Waals surface area contributed by atoms with Gasteiger partial charge in [0.15, 0.2) is 0 Å². The van der Waals surface area contributed by atoms with Crippen molar-refractivity contribution >= 4 is 29.8 Å². The van der Waals surface area contributed by atoms with Gasteiger partial charge in [0.1, 0.15) is 0 Å². The van der Waals surface area contributed by atoms with E-state index in [4.69, 9.17) is 0 Å². The molecule has 0 spiro atoms. The second-order valence-corrected chi connectivity index (χ2v) is 7.71. The molecule has 1 unspecified atom stereocenters. The Hall–Kier alpha value is -1.62. The van der Waals surface area contributed by atoms with Crippen LogP contribution in [0.3, 0.4) is 0 Å². The van der Waals surface area contributed by atoms with Crippen LogP contribution in [0.4, 0.5) is 5.69 Å². The minimum atomic E-state index is -3.72. The molecule has 7 heteroatoms. The summed E-state index contributed by atoms with van der Waals surface area (Å²) in [5.74, 6) is 0. The van der Waals surface area contributed by atoms with E-state index < -0.39 is 11.5 Å². The number of nitro benzene ring substituents is 1. The van der Waals surface area contributed by atoms with Crippen LogP contribution in [0, 0.1) is 10.1 Å². The fourth-order valence-electron chi connectivity index (χ4n) is 2.20. The quantitative estimate of drug-likeness (QED) is 0.390. The fourth-order valence-corrected chi connectivity index (χ4v) is 3.52. The van der Waals surface area contributed by atoms with Crippen molar-refractivity contribution in [3.05, 3.63) is 58.1 Å². The van der Waals surface area contributed by atoms with Crippen molar-refractivity contribution in [1.29, 1.82) is 0 Å². The summed E-state index contributed by atoms with van der Waals surface area (Å²) in [5.41, 5.74) is 2.04. The maximum absolute atomic E-state index is 11.9. The maximum Gasteiger partial charge on any atom is 0.282 e. The molecule has 1 atom stereocenters. The SMILES string of the molecule is CCc1cc([N+](=O)[O-])ccc1-c1ccccc1P(=O)(O)S. The maximum atomic E-state index is 11.9. The minimum Gasteiger partial charge on any atom is -0.334 e. The van der Waals surface area contributed by atoms with E-state index in [1.54, 1.807) is 30.3 Å². The molecule has 0 heterocycles. The first-order valence-electron chi connectivity index (χ1n) is 6.27. The largest absolute Gasteiger partial charge is 0.334 e. The molecule has 0 bridgehead atoms. The lowest BCUT2D eigenvalue weighted by atomic mass is 9.97. The van der Waals surface area contributed by atoms with Crippen LogP contribution in [-0.2, 0) is 11.0 Å². The first-order valence-corrected chi connectivity index (χ1v) is 9.08. The Morgan fingerprint density at radius 2 is 1.90 bits per heavy atom.